The van der Waals surface area contributed by atoms with Crippen molar-refractivity contribution in [1.29, 1.82) is 0 Å². The van der Waals surface area contributed by atoms with E-state index in [-0.39, 0.29) is 42.5 Å². The quantitative estimate of drug-likeness (QED) is 0.104. The van der Waals surface area contributed by atoms with Crippen LogP contribution in [0.1, 0.15) is 67.2 Å². The van der Waals surface area contributed by atoms with Crippen molar-refractivity contribution < 1.29 is 34.7 Å². The van der Waals surface area contributed by atoms with Crippen molar-refractivity contribution in [2.75, 3.05) is 0 Å². The summed E-state index contributed by atoms with van der Waals surface area (Å²) in [5.74, 6) is 1.98. The summed E-state index contributed by atoms with van der Waals surface area (Å²) in [6.07, 6.45) is 6.60. The molecule has 1 aliphatic heterocycles. The van der Waals surface area contributed by atoms with Crippen LogP contribution >= 0.6 is 0 Å². The van der Waals surface area contributed by atoms with Crippen LogP contribution in [0, 0.1) is 16.9 Å². The Hall–Kier alpha value is -3.01. The van der Waals surface area contributed by atoms with Crippen LogP contribution in [0.2, 0.25) is 0 Å². The number of hydrogen-bond acceptors (Lipinski definition) is 4. The third-order valence-corrected chi connectivity index (χ3v) is 8.57. The first-order valence-corrected chi connectivity index (χ1v) is 13.7. The number of ketones is 1. The number of aromatic nitrogens is 1. The second-order valence-electron chi connectivity index (χ2n) is 10.6. The number of carbonyl (C=O) groups is 1. The van der Waals surface area contributed by atoms with Gasteiger partial charge in [0.1, 0.15) is 11.5 Å². The van der Waals surface area contributed by atoms with Crippen LogP contribution in [0.5, 0.6) is 11.5 Å². The van der Waals surface area contributed by atoms with Crippen molar-refractivity contribution in [3.63, 3.8) is 0 Å². The van der Waals surface area contributed by atoms with Gasteiger partial charge in [0.25, 0.3) is 0 Å². The van der Waals surface area contributed by atoms with Crippen molar-refractivity contribution in [2.24, 2.45) is 10.8 Å². The molecule has 0 amide bonds. The van der Waals surface area contributed by atoms with E-state index in [4.69, 9.17) is 4.74 Å². The van der Waals surface area contributed by atoms with Crippen molar-refractivity contribution >= 4 is 27.3 Å². The summed E-state index contributed by atoms with van der Waals surface area (Å²) in [6.45, 7) is 12.1. The Morgan fingerprint density at radius 1 is 0.897 bits per heavy atom. The summed E-state index contributed by atoms with van der Waals surface area (Å²) in [5.41, 5.74) is 1.29. The Balaban J connectivity index is 0.000000217. The van der Waals surface area contributed by atoms with Crippen molar-refractivity contribution in [2.45, 2.75) is 67.2 Å². The first-order chi connectivity index (χ1) is 18.2. The van der Waals surface area contributed by atoms with Crippen LogP contribution < -0.4 is 4.74 Å². The van der Waals surface area contributed by atoms with Gasteiger partial charge in [-0.2, -0.15) is 0 Å². The van der Waals surface area contributed by atoms with Crippen LogP contribution in [0.25, 0.3) is 32.8 Å². The number of fused-ring (bicyclic) bond motifs is 3. The average molecular weight is 701 g/mol. The van der Waals surface area contributed by atoms with Gasteiger partial charge in [0, 0.05) is 54.3 Å². The summed E-state index contributed by atoms with van der Waals surface area (Å²) in [7, 11) is 0. The van der Waals surface area contributed by atoms with Gasteiger partial charge in [0.15, 0.2) is 5.78 Å². The predicted molar refractivity (Wildman–Crippen MR) is 157 cm³/mol. The van der Waals surface area contributed by atoms with Gasteiger partial charge >= 0.3 is 0 Å². The zero-order valence-electron chi connectivity index (χ0n) is 23.7. The summed E-state index contributed by atoms with van der Waals surface area (Å²) in [4.78, 5) is 16.8. The Morgan fingerprint density at radius 2 is 1.54 bits per heavy atom. The van der Waals surface area contributed by atoms with Gasteiger partial charge in [-0.1, -0.05) is 88.9 Å². The SMILES string of the molecule is CCC(C)(CC)C(=O)/C=C(\O)C(C)(CC)CC.[Ir].[c-]1c2c(cc3ccccc13)Oc1cccc3ccnc-2c13. The van der Waals surface area contributed by atoms with E-state index in [2.05, 4.69) is 35.3 Å². The van der Waals surface area contributed by atoms with Gasteiger partial charge in [0.2, 0.25) is 0 Å². The molecule has 4 nitrogen and oxygen atoms in total. The summed E-state index contributed by atoms with van der Waals surface area (Å²) in [5, 5.41) is 14.6. The molecule has 2 heterocycles. The van der Waals surface area contributed by atoms with Gasteiger partial charge in [-0.15, -0.1) is 17.5 Å². The first kappa shape index (κ1) is 30.5. The van der Waals surface area contributed by atoms with Crippen LogP contribution in [0.15, 0.2) is 72.6 Å². The zero-order valence-corrected chi connectivity index (χ0v) is 26.1. The molecular formula is C34H38IrNO3-. The number of nitrogens with zero attached hydrogens (tertiary/aromatic N) is 1. The van der Waals surface area contributed by atoms with Gasteiger partial charge in [-0.3, -0.25) is 9.78 Å². The van der Waals surface area contributed by atoms with E-state index in [9.17, 15) is 9.90 Å². The second kappa shape index (κ2) is 12.4. The molecule has 5 heteroatoms. The molecule has 4 aromatic rings. The number of carbonyl (C=O) groups excluding carboxylic acids is 1. The largest absolute Gasteiger partial charge is 0.512 e. The van der Waals surface area contributed by atoms with Gasteiger partial charge in [-0.05, 0) is 43.2 Å². The Morgan fingerprint density at radius 3 is 2.21 bits per heavy atom. The summed E-state index contributed by atoms with van der Waals surface area (Å²) >= 11 is 0. The molecule has 0 unspecified atom stereocenters. The third-order valence-electron chi connectivity index (χ3n) is 8.57. The molecule has 39 heavy (non-hydrogen) atoms. The number of aliphatic hydroxyl groups is 1. The maximum atomic E-state index is 12.2. The molecule has 0 aliphatic carbocycles. The summed E-state index contributed by atoms with van der Waals surface area (Å²) in [6, 6.07) is 21.8. The van der Waals surface area contributed by atoms with E-state index in [0.29, 0.717) is 0 Å². The van der Waals surface area contributed by atoms with Gasteiger partial charge < -0.3 is 9.84 Å². The molecular weight excluding hydrogens is 663 g/mol. The van der Waals surface area contributed by atoms with E-state index in [1.54, 1.807) is 0 Å². The fourth-order valence-electron chi connectivity index (χ4n) is 4.68. The first-order valence-electron chi connectivity index (χ1n) is 13.7. The number of pyridine rings is 1. The van der Waals surface area contributed by atoms with Crippen LogP contribution in [0.3, 0.4) is 0 Å². The topological polar surface area (TPSA) is 59.4 Å². The van der Waals surface area contributed by atoms with E-state index >= 15 is 0 Å². The Bertz CT molecular complexity index is 1490. The standard InChI is InChI=1S/C19H10NO.C15H28O2.Ir/c1-2-5-14-11-17-15(10-13(14)4-1)19-18-12(8-9-20-19)6-3-7-16(18)21-17;1-7-14(5,8-2)12(16)11-13(17)15(6,9-3)10-4;/h1-9,11H;11,16H,7-10H2,1-6H3;/q-1;;/b;12-11-;. The number of benzene rings is 3. The molecule has 1 N–H and O–H groups in total. The number of allylic oxidation sites excluding steroid dienone is 2. The molecule has 0 saturated carbocycles. The minimum absolute atomic E-state index is 0. The zero-order chi connectivity index (χ0) is 27.5. The predicted octanol–water partition coefficient (Wildman–Crippen LogP) is 9.61. The molecule has 5 rings (SSSR count). The number of hydrogen-bond donors (Lipinski definition) is 1. The average Bonchev–Trinajstić information content (AvgIpc) is 2.96. The van der Waals surface area contributed by atoms with Crippen molar-refractivity contribution in [3.05, 3.63) is 78.7 Å². The van der Waals surface area contributed by atoms with Gasteiger partial charge in [0.05, 0.1) is 5.75 Å². The normalized spacial score (nSPS) is 12.6. The molecule has 0 bridgehead atoms. The number of aliphatic hydroxyl groups excluding tert-OH is 1. The monoisotopic (exact) mass is 701 g/mol. The number of rotatable bonds is 7. The molecule has 0 fully saturated rings. The molecule has 0 saturated heterocycles. The van der Waals surface area contributed by atoms with E-state index in [0.717, 1.165) is 70.0 Å². The smallest absolute Gasteiger partial charge is 0.164 e. The fourth-order valence-corrected chi connectivity index (χ4v) is 4.68. The Kier molecular flexibility index (Phi) is 9.74. The molecule has 3 aromatic carbocycles. The van der Waals surface area contributed by atoms with Crippen LogP contribution in [-0.4, -0.2) is 15.9 Å². The van der Waals surface area contributed by atoms with Crippen molar-refractivity contribution in [3.8, 4) is 22.8 Å². The maximum absolute atomic E-state index is 12.2. The minimum Gasteiger partial charge on any atom is -0.512 e. The second-order valence-corrected chi connectivity index (χ2v) is 10.6. The van der Waals surface area contributed by atoms with E-state index < -0.39 is 0 Å². The van der Waals surface area contributed by atoms with Crippen molar-refractivity contribution in [1.82, 2.24) is 4.98 Å². The third kappa shape index (κ3) is 5.95. The van der Waals surface area contributed by atoms with Gasteiger partial charge in [-0.25, -0.2) is 0 Å². The molecule has 1 radical (unpaired) electrons. The molecule has 0 spiro atoms. The van der Waals surface area contributed by atoms with Crippen LogP contribution in [-0.2, 0) is 24.9 Å². The molecule has 1 aliphatic rings. The minimum atomic E-state index is -0.337. The molecule has 1 aromatic heterocycles. The Labute approximate surface area is 245 Å². The number of ether oxygens (including phenoxy) is 1. The fraction of sp³-hybridized carbons (Fsp3) is 0.353. The maximum Gasteiger partial charge on any atom is 0.164 e. The molecule has 207 valence electrons. The summed E-state index contributed by atoms with van der Waals surface area (Å²) < 4.78 is 6.09. The van der Waals surface area contributed by atoms with E-state index in [1.807, 2.05) is 78.1 Å². The van der Waals surface area contributed by atoms with Crippen LogP contribution in [0.4, 0.5) is 0 Å². The molecule has 0 atom stereocenters. The van der Waals surface area contributed by atoms with E-state index in [1.165, 1.54) is 6.08 Å².